The third-order valence-electron chi connectivity index (χ3n) is 3.48. The minimum atomic E-state index is -0.118. The molecule has 0 unspecified atom stereocenters. The van der Waals surface area contributed by atoms with Crippen molar-refractivity contribution in [3.63, 3.8) is 0 Å². The Bertz CT molecular complexity index is 623. The van der Waals surface area contributed by atoms with E-state index in [1.54, 1.807) is 12.1 Å². The van der Waals surface area contributed by atoms with Gasteiger partial charge in [0, 0.05) is 6.54 Å². The summed E-state index contributed by atoms with van der Waals surface area (Å²) in [6.07, 6.45) is 0.821. The van der Waals surface area contributed by atoms with Crippen LogP contribution < -0.4 is 14.8 Å². The van der Waals surface area contributed by atoms with Crippen LogP contribution in [-0.4, -0.2) is 25.7 Å². The predicted molar refractivity (Wildman–Crippen MR) is 91.0 cm³/mol. The van der Waals surface area contributed by atoms with Crippen molar-refractivity contribution in [1.29, 1.82) is 0 Å². The lowest BCUT2D eigenvalue weighted by molar-refractivity contribution is -0.123. The lowest BCUT2D eigenvalue weighted by Gasteiger charge is -2.09. The molecular weight excluding hydrogens is 290 g/mol. The first-order valence-electron chi connectivity index (χ1n) is 7.86. The molecule has 0 bridgehead atoms. The summed E-state index contributed by atoms with van der Waals surface area (Å²) in [6, 6.07) is 15.4. The third-order valence-corrected chi connectivity index (χ3v) is 3.48. The Labute approximate surface area is 137 Å². The molecule has 0 saturated carbocycles. The third kappa shape index (κ3) is 5.66. The monoisotopic (exact) mass is 313 g/mol. The Morgan fingerprint density at radius 2 is 1.65 bits per heavy atom. The smallest absolute Gasteiger partial charge is 0.257 e. The van der Waals surface area contributed by atoms with Gasteiger partial charge in [-0.3, -0.25) is 4.79 Å². The van der Waals surface area contributed by atoms with E-state index < -0.39 is 0 Å². The number of aryl methyl sites for hydroxylation is 1. The van der Waals surface area contributed by atoms with Crippen molar-refractivity contribution >= 4 is 5.91 Å². The minimum absolute atomic E-state index is 0.0156. The zero-order chi connectivity index (χ0) is 16.5. The molecule has 0 spiro atoms. The fourth-order valence-corrected chi connectivity index (χ4v) is 2.23. The van der Waals surface area contributed by atoms with Gasteiger partial charge in [0.05, 0.1) is 6.61 Å². The number of rotatable bonds is 8. The number of hydrogen-bond donors (Lipinski definition) is 1. The number of ether oxygens (including phenoxy) is 2. The molecule has 1 N–H and O–H groups in total. The number of carbonyl (C=O) groups excluding carboxylic acids is 1. The van der Waals surface area contributed by atoms with Crippen LogP contribution in [0.3, 0.4) is 0 Å². The van der Waals surface area contributed by atoms with Crippen LogP contribution >= 0.6 is 0 Å². The Kier molecular flexibility index (Phi) is 6.48. The van der Waals surface area contributed by atoms with Gasteiger partial charge in [0.25, 0.3) is 5.91 Å². The Morgan fingerprint density at radius 3 is 2.30 bits per heavy atom. The summed E-state index contributed by atoms with van der Waals surface area (Å²) < 4.78 is 10.8. The molecule has 4 heteroatoms. The Balaban J connectivity index is 1.69. The molecule has 0 atom stereocenters. The maximum Gasteiger partial charge on any atom is 0.257 e. The summed E-state index contributed by atoms with van der Waals surface area (Å²) in [4.78, 5) is 11.8. The average Bonchev–Trinajstić information content (AvgIpc) is 2.56. The normalized spacial score (nSPS) is 10.2. The first-order valence-corrected chi connectivity index (χ1v) is 7.86. The van der Waals surface area contributed by atoms with Crippen LogP contribution in [0.25, 0.3) is 0 Å². The van der Waals surface area contributed by atoms with Crippen LogP contribution in [0.15, 0.2) is 48.5 Å². The maximum absolute atomic E-state index is 11.8. The molecule has 0 heterocycles. The van der Waals surface area contributed by atoms with E-state index in [-0.39, 0.29) is 12.5 Å². The summed E-state index contributed by atoms with van der Waals surface area (Å²) in [6.45, 7) is 5.26. The molecule has 0 aliphatic carbocycles. The van der Waals surface area contributed by atoms with Crippen LogP contribution in [-0.2, 0) is 11.2 Å². The van der Waals surface area contributed by atoms with Gasteiger partial charge in [0.2, 0.25) is 0 Å². The van der Waals surface area contributed by atoms with Crippen molar-refractivity contribution in [3.05, 3.63) is 59.7 Å². The molecule has 2 aromatic carbocycles. The highest BCUT2D eigenvalue weighted by atomic mass is 16.5. The van der Waals surface area contributed by atoms with Gasteiger partial charge in [-0.25, -0.2) is 0 Å². The van der Waals surface area contributed by atoms with Gasteiger partial charge in [0.1, 0.15) is 11.5 Å². The lowest BCUT2D eigenvalue weighted by Crippen LogP contribution is -2.30. The van der Waals surface area contributed by atoms with Gasteiger partial charge < -0.3 is 14.8 Å². The zero-order valence-electron chi connectivity index (χ0n) is 13.7. The minimum Gasteiger partial charge on any atom is -0.494 e. The highest BCUT2D eigenvalue weighted by molar-refractivity contribution is 5.77. The molecule has 2 rings (SSSR count). The van der Waals surface area contributed by atoms with Gasteiger partial charge in [-0.15, -0.1) is 0 Å². The number of nitrogens with one attached hydrogen (secondary N) is 1. The maximum atomic E-state index is 11.8. The Hall–Kier alpha value is -2.49. The van der Waals surface area contributed by atoms with Crippen LogP contribution in [0.5, 0.6) is 11.5 Å². The van der Waals surface area contributed by atoms with Gasteiger partial charge in [-0.1, -0.05) is 24.3 Å². The quantitative estimate of drug-likeness (QED) is 0.814. The van der Waals surface area contributed by atoms with Gasteiger partial charge in [-0.05, 0) is 55.7 Å². The number of hydrogen-bond acceptors (Lipinski definition) is 3. The SMILES string of the molecule is CCOc1ccc(OCC(=O)NCCc2ccccc2C)cc1. The topological polar surface area (TPSA) is 47.6 Å². The summed E-state index contributed by atoms with van der Waals surface area (Å²) in [5.41, 5.74) is 2.49. The average molecular weight is 313 g/mol. The van der Waals surface area contributed by atoms with Crippen molar-refractivity contribution in [2.24, 2.45) is 0 Å². The molecule has 0 aromatic heterocycles. The van der Waals surface area contributed by atoms with Crippen molar-refractivity contribution in [2.45, 2.75) is 20.3 Å². The van der Waals surface area contributed by atoms with Crippen molar-refractivity contribution in [2.75, 3.05) is 19.8 Å². The van der Waals surface area contributed by atoms with E-state index in [9.17, 15) is 4.79 Å². The number of amides is 1. The number of carbonyl (C=O) groups is 1. The molecule has 0 radical (unpaired) electrons. The van der Waals surface area contributed by atoms with Crippen LogP contribution in [0.4, 0.5) is 0 Å². The first kappa shape index (κ1) is 16.9. The fourth-order valence-electron chi connectivity index (χ4n) is 2.23. The van der Waals surface area contributed by atoms with Gasteiger partial charge in [-0.2, -0.15) is 0 Å². The molecule has 0 aliphatic heterocycles. The Morgan fingerprint density at radius 1 is 1.00 bits per heavy atom. The zero-order valence-corrected chi connectivity index (χ0v) is 13.7. The van der Waals surface area contributed by atoms with Crippen LogP contribution in [0.2, 0.25) is 0 Å². The van der Waals surface area contributed by atoms with Crippen molar-refractivity contribution in [1.82, 2.24) is 5.32 Å². The van der Waals surface area contributed by atoms with Crippen molar-refractivity contribution in [3.8, 4) is 11.5 Å². The second-order valence-corrected chi connectivity index (χ2v) is 5.22. The highest BCUT2D eigenvalue weighted by Crippen LogP contribution is 2.17. The number of benzene rings is 2. The fraction of sp³-hybridized carbons (Fsp3) is 0.316. The van der Waals surface area contributed by atoms with E-state index in [1.807, 2.05) is 31.2 Å². The molecule has 122 valence electrons. The van der Waals surface area contributed by atoms with Gasteiger partial charge >= 0.3 is 0 Å². The summed E-state index contributed by atoms with van der Waals surface area (Å²) in [5, 5.41) is 2.87. The molecule has 23 heavy (non-hydrogen) atoms. The van der Waals surface area contributed by atoms with Crippen LogP contribution in [0.1, 0.15) is 18.1 Å². The summed E-state index contributed by atoms with van der Waals surface area (Å²) in [5.74, 6) is 1.33. The predicted octanol–water partition coefficient (Wildman–Crippen LogP) is 3.13. The van der Waals surface area contributed by atoms with E-state index in [0.29, 0.717) is 18.9 Å². The molecule has 0 aliphatic rings. The van der Waals surface area contributed by atoms with E-state index in [1.165, 1.54) is 11.1 Å². The van der Waals surface area contributed by atoms with E-state index in [2.05, 4.69) is 24.4 Å². The van der Waals surface area contributed by atoms with E-state index >= 15 is 0 Å². The van der Waals surface area contributed by atoms with Crippen LogP contribution in [0, 0.1) is 6.92 Å². The standard InChI is InChI=1S/C19H23NO3/c1-3-22-17-8-10-18(11-9-17)23-14-19(21)20-13-12-16-7-5-4-6-15(16)2/h4-11H,3,12-14H2,1-2H3,(H,20,21). The molecule has 0 fully saturated rings. The molecule has 0 saturated heterocycles. The van der Waals surface area contributed by atoms with Crippen molar-refractivity contribution < 1.29 is 14.3 Å². The molecule has 1 amide bonds. The lowest BCUT2D eigenvalue weighted by atomic mass is 10.1. The largest absolute Gasteiger partial charge is 0.494 e. The summed E-state index contributed by atoms with van der Waals surface area (Å²) in [7, 11) is 0. The highest BCUT2D eigenvalue weighted by Gasteiger charge is 2.04. The van der Waals surface area contributed by atoms with E-state index in [4.69, 9.17) is 9.47 Å². The first-order chi connectivity index (χ1) is 11.2. The summed E-state index contributed by atoms with van der Waals surface area (Å²) >= 11 is 0. The van der Waals surface area contributed by atoms with Gasteiger partial charge in [0.15, 0.2) is 6.61 Å². The van der Waals surface area contributed by atoms with E-state index in [0.717, 1.165) is 12.2 Å². The molecule has 2 aromatic rings. The molecule has 4 nitrogen and oxygen atoms in total. The second-order valence-electron chi connectivity index (χ2n) is 5.22. The molecular formula is C19H23NO3. The second kappa shape index (κ2) is 8.83.